The Morgan fingerprint density at radius 3 is 2.45 bits per heavy atom. The molecule has 2 nitrogen and oxygen atoms in total. The lowest BCUT2D eigenvalue weighted by molar-refractivity contribution is 0.112. The molecule has 0 spiro atoms. The first kappa shape index (κ1) is 14.0. The lowest BCUT2D eigenvalue weighted by Crippen LogP contribution is -2.18. The van der Waals surface area contributed by atoms with Gasteiger partial charge < -0.3 is 0 Å². The molecule has 0 saturated heterocycles. The van der Waals surface area contributed by atoms with E-state index in [4.69, 9.17) is 6.42 Å². The van der Waals surface area contributed by atoms with Crippen LogP contribution in [0.15, 0.2) is 48.5 Å². The number of benzene rings is 2. The Kier molecular flexibility index (Phi) is 4.70. The summed E-state index contributed by atoms with van der Waals surface area (Å²) in [6.07, 6.45) is 6.25. The first-order chi connectivity index (χ1) is 9.72. The Morgan fingerprint density at radius 1 is 1.10 bits per heavy atom. The van der Waals surface area contributed by atoms with Crippen LogP contribution in [0.5, 0.6) is 0 Å². The number of carbonyl (C=O) groups is 1. The highest BCUT2D eigenvalue weighted by molar-refractivity contribution is 5.77. The van der Waals surface area contributed by atoms with E-state index < -0.39 is 0 Å². The summed E-state index contributed by atoms with van der Waals surface area (Å²) < 4.78 is 0. The summed E-state index contributed by atoms with van der Waals surface area (Å²) in [5.74, 6) is 2.61. The van der Waals surface area contributed by atoms with Crippen molar-refractivity contribution in [2.24, 2.45) is 0 Å². The van der Waals surface area contributed by atoms with Gasteiger partial charge in [0, 0.05) is 24.2 Å². The fourth-order valence-corrected chi connectivity index (χ4v) is 2.16. The average Bonchev–Trinajstić information content (AvgIpc) is 2.48. The summed E-state index contributed by atoms with van der Waals surface area (Å²) in [4.78, 5) is 13.2. The van der Waals surface area contributed by atoms with Crippen molar-refractivity contribution >= 4 is 6.29 Å². The van der Waals surface area contributed by atoms with Crippen LogP contribution in [0.3, 0.4) is 0 Å². The Balaban J connectivity index is 2.03. The molecule has 2 aromatic rings. The smallest absolute Gasteiger partial charge is 0.150 e. The van der Waals surface area contributed by atoms with Gasteiger partial charge in [0.1, 0.15) is 6.29 Å². The molecule has 0 atom stereocenters. The van der Waals surface area contributed by atoms with Crippen LogP contribution in [-0.4, -0.2) is 18.2 Å². The first-order valence-corrected chi connectivity index (χ1v) is 6.50. The number of carbonyl (C=O) groups excluding carboxylic acids is 1. The lowest BCUT2D eigenvalue weighted by Gasteiger charge is -2.17. The third-order valence-electron chi connectivity index (χ3n) is 3.20. The molecule has 0 radical (unpaired) electrons. The molecule has 0 N–H and O–H groups in total. The Labute approximate surface area is 120 Å². The summed E-state index contributed by atoms with van der Waals surface area (Å²) in [7, 11) is 2.04. The highest BCUT2D eigenvalue weighted by Gasteiger charge is 2.05. The topological polar surface area (TPSA) is 20.3 Å². The normalized spacial score (nSPS) is 10.2. The molecule has 0 heterocycles. The van der Waals surface area contributed by atoms with Gasteiger partial charge in [-0.05, 0) is 30.3 Å². The zero-order valence-corrected chi connectivity index (χ0v) is 11.5. The highest BCUT2D eigenvalue weighted by atomic mass is 16.1. The van der Waals surface area contributed by atoms with Crippen LogP contribution in [0.2, 0.25) is 0 Å². The second-order valence-corrected chi connectivity index (χ2v) is 4.83. The van der Waals surface area contributed by atoms with Crippen molar-refractivity contribution in [3.8, 4) is 12.3 Å². The third-order valence-corrected chi connectivity index (χ3v) is 3.20. The van der Waals surface area contributed by atoms with Crippen LogP contribution in [0.25, 0.3) is 0 Å². The maximum absolute atomic E-state index is 11.0. The molecule has 2 aromatic carbocycles. The van der Waals surface area contributed by atoms with Gasteiger partial charge in [-0.25, -0.2) is 0 Å². The molecule has 0 fully saturated rings. The predicted molar refractivity (Wildman–Crippen MR) is 81.4 cm³/mol. The molecule has 0 unspecified atom stereocenters. The SMILES string of the molecule is C#Cc1ccc(CN(C)Cc2ccccc2C=O)cc1. The van der Waals surface area contributed by atoms with Crippen LogP contribution in [0, 0.1) is 12.3 Å². The maximum atomic E-state index is 11.0. The van der Waals surface area contributed by atoms with Crippen molar-refractivity contribution in [3.05, 3.63) is 70.8 Å². The van der Waals surface area contributed by atoms with Crippen molar-refractivity contribution in [1.82, 2.24) is 4.90 Å². The van der Waals surface area contributed by atoms with Crippen LogP contribution in [-0.2, 0) is 13.1 Å². The number of nitrogens with zero attached hydrogens (tertiary/aromatic N) is 1. The van der Waals surface area contributed by atoms with Crippen LogP contribution >= 0.6 is 0 Å². The van der Waals surface area contributed by atoms with Gasteiger partial charge >= 0.3 is 0 Å². The molecule has 100 valence electrons. The van der Waals surface area contributed by atoms with Crippen LogP contribution in [0.4, 0.5) is 0 Å². The molecule has 0 aliphatic heterocycles. The molecule has 0 aliphatic carbocycles. The molecular formula is C18H17NO. The van der Waals surface area contributed by atoms with E-state index in [0.717, 1.165) is 36.1 Å². The molecule has 0 amide bonds. The van der Waals surface area contributed by atoms with E-state index in [0.29, 0.717) is 0 Å². The first-order valence-electron chi connectivity index (χ1n) is 6.50. The van der Waals surface area contributed by atoms with Crippen molar-refractivity contribution in [3.63, 3.8) is 0 Å². The van der Waals surface area contributed by atoms with E-state index in [1.54, 1.807) is 0 Å². The highest BCUT2D eigenvalue weighted by Crippen LogP contribution is 2.12. The van der Waals surface area contributed by atoms with E-state index in [9.17, 15) is 4.79 Å². The standard InChI is InChI=1S/C18H17NO/c1-3-15-8-10-16(11-9-15)12-19(2)13-17-6-4-5-7-18(17)14-20/h1,4-11,14H,12-13H2,2H3. The third kappa shape index (κ3) is 3.57. The zero-order chi connectivity index (χ0) is 14.4. The minimum Gasteiger partial charge on any atom is -0.298 e. The molecule has 0 bridgehead atoms. The summed E-state index contributed by atoms with van der Waals surface area (Å²) in [6.45, 7) is 1.56. The van der Waals surface area contributed by atoms with E-state index >= 15 is 0 Å². The fraction of sp³-hybridized carbons (Fsp3) is 0.167. The lowest BCUT2D eigenvalue weighted by atomic mass is 10.1. The quantitative estimate of drug-likeness (QED) is 0.610. The monoisotopic (exact) mass is 263 g/mol. The Hall–Kier alpha value is -2.37. The predicted octanol–water partition coefficient (Wildman–Crippen LogP) is 3.11. The van der Waals surface area contributed by atoms with Gasteiger partial charge in [-0.2, -0.15) is 0 Å². The molecule has 2 heteroatoms. The van der Waals surface area contributed by atoms with Gasteiger partial charge in [0.25, 0.3) is 0 Å². The average molecular weight is 263 g/mol. The van der Waals surface area contributed by atoms with Gasteiger partial charge in [-0.15, -0.1) is 6.42 Å². The molecule has 0 aliphatic rings. The van der Waals surface area contributed by atoms with E-state index in [1.165, 1.54) is 5.56 Å². The number of aldehydes is 1. The molecule has 20 heavy (non-hydrogen) atoms. The van der Waals surface area contributed by atoms with Crippen molar-refractivity contribution < 1.29 is 4.79 Å². The molecule has 2 rings (SSSR count). The van der Waals surface area contributed by atoms with Crippen LogP contribution in [0.1, 0.15) is 27.0 Å². The number of terminal acetylenes is 1. The molecular weight excluding hydrogens is 246 g/mol. The Bertz CT molecular complexity index is 623. The Morgan fingerprint density at radius 2 is 1.80 bits per heavy atom. The number of rotatable bonds is 5. The van der Waals surface area contributed by atoms with E-state index in [-0.39, 0.29) is 0 Å². The van der Waals surface area contributed by atoms with Crippen molar-refractivity contribution in [2.75, 3.05) is 7.05 Å². The summed E-state index contributed by atoms with van der Waals surface area (Å²) in [6, 6.07) is 15.6. The van der Waals surface area contributed by atoms with Gasteiger partial charge in [-0.3, -0.25) is 9.69 Å². The summed E-state index contributed by atoms with van der Waals surface area (Å²) in [5.41, 5.74) is 3.89. The van der Waals surface area contributed by atoms with Crippen LogP contribution < -0.4 is 0 Å². The maximum Gasteiger partial charge on any atom is 0.150 e. The molecule has 0 saturated carbocycles. The summed E-state index contributed by atoms with van der Waals surface area (Å²) in [5, 5.41) is 0. The number of hydrogen-bond donors (Lipinski definition) is 0. The minimum atomic E-state index is 0.742. The zero-order valence-electron chi connectivity index (χ0n) is 11.5. The van der Waals surface area contributed by atoms with E-state index in [2.05, 4.69) is 10.8 Å². The van der Waals surface area contributed by atoms with E-state index in [1.807, 2.05) is 55.6 Å². The van der Waals surface area contributed by atoms with Gasteiger partial charge in [0.2, 0.25) is 0 Å². The fourth-order valence-electron chi connectivity index (χ4n) is 2.16. The minimum absolute atomic E-state index is 0.742. The largest absolute Gasteiger partial charge is 0.298 e. The van der Waals surface area contributed by atoms with Crippen molar-refractivity contribution in [2.45, 2.75) is 13.1 Å². The van der Waals surface area contributed by atoms with Crippen molar-refractivity contribution in [1.29, 1.82) is 0 Å². The van der Waals surface area contributed by atoms with Gasteiger partial charge in [-0.1, -0.05) is 42.3 Å². The second-order valence-electron chi connectivity index (χ2n) is 4.83. The summed E-state index contributed by atoms with van der Waals surface area (Å²) >= 11 is 0. The van der Waals surface area contributed by atoms with Gasteiger partial charge in [0.05, 0.1) is 0 Å². The molecule has 0 aromatic heterocycles. The second kappa shape index (κ2) is 6.70. The van der Waals surface area contributed by atoms with Gasteiger partial charge in [0.15, 0.2) is 0 Å². The number of hydrogen-bond acceptors (Lipinski definition) is 2.